The molecule has 2 aromatic rings. The number of hydrogen-bond donors (Lipinski definition) is 3. The van der Waals surface area contributed by atoms with Gasteiger partial charge in [-0.3, -0.25) is 9.59 Å². The lowest BCUT2D eigenvalue weighted by molar-refractivity contribution is 0.0951. The molecule has 7 heteroatoms. The summed E-state index contributed by atoms with van der Waals surface area (Å²) in [6.07, 6.45) is 2.58. The zero-order valence-corrected chi connectivity index (χ0v) is 16.8. The van der Waals surface area contributed by atoms with Gasteiger partial charge in [0, 0.05) is 24.3 Å². The lowest BCUT2D eigenvalue weighted by Crippen LogP contribution is -2.25. The predicted octanol–water partition coefficient (Wildman–Crippen LogP) is 2.46. The number of aliphatic hydroxyl groups is 1. The number of aryl methyl sites for hydroxylation is 1. The van der Waals surface area contributed by atoms with Crippen molar-refractivity contribution in [1.82, 2.24) is 15.3 Å². The summed E-state index contributed by atoms with van der Waals surface area (Å²) >= 11 is 0. The third-order valence-corrected chi connectivity index (χ3v) is 4.37. The van der Waals surface area contributed by atoms with Gasteiger partial charge in [-0.1, -0.05) is 20.8 Å². The third kappa shape index (κ3) is 5.19. The van der Waals surface area contributed by atoms with Gasteiger partial charge in [-0.15, -0.1) is 0 Å². The minimum absolute atomic E-state index is 0.0179. The van der Waals surface area contributed by atoms with Gasteiger partial charge in [-0.25, -0.2) is 4.98 Å². The Morgan fingerprint density at radius 2 is 2.04 bits per heavy atom. The summed E-state index contributed by atoms with van der Waals surface area (Å²) in [6, 6.07) is 5.09. The SMILES string of the molecule is CCCOc1ccc(C(=O)NCCCO)cc1-c1nc(CC)c(CC)c(=O)[nH]1. The summed E-state index contributed by atoms with van der Waals surface area (Å²) in [7, 11) is 0. The number of aromatic amines is 1. The zero-order valence-electron chi connectivity index (χ0n) is 16.8. The standard InChI is InChI=1S/C21H29N3O4/c1-4-12-28-18-9-8-14(20(26)22-10-7-11-25)13-16(18)19-23-17(6-3)15(5-2)21(27)24-19/h8-9,13,25H,4-7,10-12H2,1-3H3,(H,22,26)(H,23,24,27). The summed E-state index contributed by atoms with van der Waals surface area (Å²) in [5, 5.41) is 11.6. The van der Waals surface area contributed by atoms with Crippen LogP contribution in [0.3, 0.4) is 0 Å². The molecule has 0 bridgehead atoms. The fourth-order valence-corrected chi connectivity index (χ4v) is 2.91. The Balaban J connectivity index is 2.50. The number of H-pyrrole nitrogens is 1. The van der Waals surface area contributed by atoms with Gasteiger partial charge >= 0.3 is 0 Å². The first-order valence-corrected chi connectivity index (χ1v) is 9.83. The largest absolute Gasteiger partial charge is 0.493 e. The van der Waals surface area contributed by atoms with Crippen molar-refractivity contribution in [3.63, 3.8) is 0 Å². The van der Waals surface area contributed by atoms with Gasteiger partial charge in [0.2, 0.25) is 0 Å². The van der Waals surface area contributed by atoms with E-state index in [4.69, 9.17) is 9.84 Å². The van der Waals surface area contributed by atoms with Crippen LogP contribution in [0.2, 0.25) is 0 Å². The van der Waals surface area contributed by atoms with Gasteiger partial charge < -0.3 is 20.1 Å². The molecular formula is C21H29N3O4. The summed E-state index contributed by atoms with van der Waals surface area (Å²) in [6.45, 7) is 6.83. The molecular weight excluding hydrogens is 358 g/mol. The summed E-state index contributed by atoms with van der Waals surface area (Å²) in [5.74, 6) is 0.721. The van der Waals surface area contributed by atoms with Crippen molar-refractivity contribution in [1.29, 1.82) is 0 Å². The van der Waals surface area contributed by atoms with E-state index in [1.54, 1.807) is 18.2 Å². The average molecular weight is 387 g/mol. The first-order chi connectivity index (χ1) is 13.5. The Labute approximate surface area is 165 Å². The molecule has 0 aliphatic heterocycles. The topological polar surface area (TPSA) is 104 Å². The van der Waals surface area contributed by atoms with E-state index in [0.29, 0.717) is 60.7 Å². The minimum atomic E-state index is -0.250. The number of rotatable bonds is 10. The molecule has 0 fully saturated rings. The summed E-state index contributed by atoms with van der Waals surface area (Å²) in [5.41, 5.74) is 2.29. The van der Waals surface area contributed by atoms with Crippen LogP contribution in [0.1, 0.15) is 55.2 Å². The van der Waals surface area contributed by atoms with Crippen LogP contribution in [0.4, 0.5) is 0 Å². The lowest BCUT2D eigenvalue weighted by Gasteiger charge is -2.14. The van der Waals surface area contributed by atoms with E-state index in [9.17, 15) is 9.59 Å². The van der Waals surface area contributed by atoms with Crippen molar-refractivity contribution in [3.8, 4) is 17.1 Å². The highest BCUT2D eigenvalue weighted by atomic mass is 16.5. The number of aromatic nitrogens is 2. The van der Waals surface area contributed by atoms with Crippen molar-refractivity contribution >= 4 is 5.91 Å². The highest BCUT2D eigenvalue weighted by molar-refractivity contribution is 5.95. The van der Waals surface area contributed by atoms with Gasteiger partial charge in [0.25, 0.3) is 11.5 Å². The molecule has 0 unspecified atom stereocenters. The monoisotopic (exact) mass is 387 g/mol. The molecule has 28 heavy (non-hydrogen) atoms. The maximum absolute atomic E-state index is 12.5. The number of benzene rings is 1. The molecule has 2 rings (SSSR count). The second-order valence-corrected chi connectivity index (χ2v) is 6.44. The van der Waals surface area contributed by atoms with Gasteiger partial charge in [-0.2, -0.15) is 0 Å². The van der Waals surface area contributed by atoms with Crippen LogP contribution in [0.25, 0.3) is 11.4 Å². The fourth-order valence-electron chi connectivity index (χ4n) is 2.91. The van der Waals surface area contributed by atoms with Crippen molar-refractivity contribution in [2.75, 3.05) is 19.8 Å². The predicted molar refractivity (Wildman–Crippen MR) is 109 cm³/mol. The average Bonchev–Trinajstić information content (AvgIpc) is 2.71. The number of carbonyl (C=O) groups is 1. The molecule has 0 aliphatic carbocycles. The van der Waals surface area contributed by atoms with E-state index in [1.165, 1.54) is 0 Å². The Morgan fingerprint density at radius 3 is 2.68 bits per heavy atom. The first kappa shape index (κ1) is 21.6. The molecule has 7 nitrogen and oxygen atoms in total. The van der Waals surface area contributed by atoms with E-state index < -0.39 is 0 Å². The number of nitrogens with one attached hydrogen (secondary N) is 2. The third-order valence-electron chi connectivity index (χ3n) is 4.37. The molecule has 1 amide bonds. The molecule has 0 saturated heterocycles. The quantitative estimate of drug-likeness (QED) is 0.543. The highest BCUT2D eigenvalue weighted by Gasteiger charge is 2.16. The van der Waals surface area contributed by atoms with Crippen molar-refractivity contribution in [2.45, 2.75) is 46.5 Å². The first-order valence-electron chi connectivity index (χ1n) is 9.83. The Kier molecular flexibility index (Phi) is 8.19. The number of hydrogen-bond acceptors (Lipinski definition) is 5. The maximum atomic E-state index is 12.5. The second-order valence-electron chi connectivity index (χ2n) is 6.44. The molecule has 3 N–H and O–H groups in total. The maximum Gasteiger partial charge on any atom is 0.254 e. The molecule has 1 aromatic carbocycles. The van der Waals surface area contributed by atoms with Crippen LogP contribution in [-0.4, -0.2) is 40.7 Å². The van der Waals surface area contributed by atoms with Crippen LogP contribution in [-0.2, 0) is 12.8 Å². The number of aliphatic hydroxyl groups excluding tert-OH is 1. The van der Waals surface area contributed by atoms with Crippen molar-refractivity contribution < 1.29 is 14.6 Å². The zero-order chi connectivity index (χ0) is 20.5. The van der Waals surface area contributed by atoms with Crippen LogP contribution >= 0.6 is 0 Å². The minimum Gasteiger partial charge on any atom is -0.493 e. The van der Waals surface area contributed by atoms with Crippen LogP contribution in [0, 0.1) is 0 Å². The van der Waals surface area contributed by atoms with Gasteiger partial charge in [0.15, 0.2) is 0 Å². The van der Waals surface area contributed by atoms with Gasteiger partial charge in [0.1, 0.15) is 11.6 Å². The number of nitrogens with zero attached hydrogens (tertiary/aromatic N) is 1. The smallest absolute Gasteiger partial charge is 0.254 e. The Hall–Kier alpha value is -2.67. The van der Waals surface area contributed by atoms with E-state index in [0.717, 1.165) is 12.1 Å². The summed E-state index contributed by atoms with van der Waals surface area (Å²) in [4.78, 5) is 32.4. The molecule has 1 aromatic heterocycles. The molecule has 152 valence electrons. The molecule has 0 aliphatic rings. The van der Waals surface area contributed by atoms with Crippen LogP contribution in [0.5, 0.6) is 5.75 Å². The van der Waals surface area contributed by atoms with E-state index in [-0.39, 0.29) is 18.1 Å². The van der Waals surface area contributed by atoms with Crippen LogP contribution < -0.4 is 15.6 Å². The Morgan fingerprint density at radius 1 is 1.25 bits per heavy atom. The highest BCUT2D eigenvalue weighted by Crippen LogP contribution is 2.29. The lowest BCUT2D eigenvalue weighted by atomic mass is 10.1. The van der Waals surface area contributed by atoms with E-state index >= 15 is 0 Å². The molecule has 1 heterocycles. The van der Waals surface area contributed by atoms with Crippen molar-refractivity contribution in [2.24, 2.45) is 0 Å². The molecule has 0 saturated carbocycles. The van der Waals surface area contributed by atoms with Crippen molar-refractivity contribution in [3.05, 3.63) is 45.4 Å². The summed E-state index contributed by atoms with van der Waals surface area (Å²) < 4.78 is 5.82. The van der Waals surface area contributed by atoms with E-state index in [1.807, 2.05) is 20.8 Å². The Bertz CT molecular complexity index is 861. The van der Waals surface area contributed by atoms with Gasteiger partial charge in [0.05, 0.1) is 17.9 Å². The second kappa shape index (κ2) is 10.6. The molecule has 0 spiro atoms. The van der Waals surface area contributed by atoms with Crippen LogP contribution in [0.15, 0.2) is 23.0 Å². The molecule has 0 radical (unpaired) electrons. The number of ether oxygens (including phenoxy) is 1. The number of amides is 1. The number of carbonyl (C=O) groups excluding carboxylic acids is 1. The van der Waals surface area contributed by atoms with Gasteiger partial charge in [-0.05, 0) is 43.9 Å². The van der Waals surface area contributed by atoms with E-state index in [2.05, 4.69) is 15.3 Å². The molecule has 0 atom stereocenters. The fraction of sp³-hybridized carbons (Fsp3) is 0.476. The normalized spacial score (nSPS) is 10.7.